The predicted octanol–water partition coefficient (Wildman–Crippen LogP) is -4.16. The summed E-state index contributed by atoms with van der Waals surface area (Å²) in [6.07, 6.45) is 0. The second-order valence-corrected chi connectivity index (χ2v) is 2.96. The molecule has 0 aliphatic rings. The second-order valence-electron chi connectivity index (χ2n) is 0.986. The van der Waals surface area contributed by atoms with Gasteiger partial charge in [0, 0.05) is 0 Å². The van der Waals surface area contributed by atoms with E-state index in [-0.39, 0.29) is 0 Å². The van der Waals surface area contributed by atoms with Crippen LogP contribution in [0.2, 0.25) is 0 Å². The van der Waals surface area contributed by atoms with Crippen molar-refractivity contribution in [2.45, 2.75) is 0 Å². The van der Waals surface area contributed by atoms with E-state index in [2.05, 4.69) is 14.0 Å². The van der Waals surface area contributed by atoms with E-state index in [4.69, 9.17) is 25.9 Å². The van der Waals surface area contributed by atoms with Gasteiger partial charge in [-0.05, 0) is 0 Å². The fourth-order valence-electron chi connectivity index (χ4n) is 0. The average Bonchev–Trinajstić information content (AvgIpc) is 1.59. The molecule has 6 N–H and O–H groups in total. The molecule has 0 spiro atoms. The molecule has 0 unspecified atom stereocenters. The number of hydrogen-bond donors (Lipinski definition) is 3. The van der Waals surface area contributed by atoms with Crippen LogP contribution in [0.4, 0.5) is 0 Å². The van der Waals surface area contributed by atoms with Crippen molar-refractivity contribution >= 4 is 45.3 Å². The molecule has 12 heteroatoms. The van der Waals surface area contributed by atoms with Gasteiger partial charge in [-0.25, -0.2) is 27.1 Å². The molecule has 0 atom stereocenters. The summed E-state index contributed by atoms with van der Waals surface area (Å²) in [5.74, 6) is 0. The topological polar surface area (TPSA) is 192 Å². The summed E-state index contributed by atoms with van der Waals surface area (Å²) < 4.78 is 57.8. The maximum absolute atomic E-state index is 8.85. The summed E-state index contributed by atoms with van der Waals surface area (Å²) >= 11 is 0.850. The van der Waals surface area contributed by atoms with Crippen molar-refractivity contribution in [1.29, 1.82) is 0 Å². The van der Waals surface area contributed by atoms with E-state index in [1.807, 2.05) is 0 Å². The zero-order valence-corrected chi connectivity index (χ0v) is 10.5. The molecule has 0 aromatic rings. The van der Waals surface area contributed by atoms with Gasteiger partial charge in [0.05, 0.1) is 0 Å². The van der Waals surface area contributed by atoms with Crippen molar-refractivity contribution in [2.24, 2.45) is 14.0 Å². The Morgan fingerprint density at radius 3 is 0.833 bits per heavy atom. The molecule has 0 aliphatic heterocycles. The van der Waals surface area contributed by atoms with Crippen LogP contribution in [0, 0.1) is 0 Å². The van der Waals surface area contributed by atoms with Crippen LogP contribution in [0.1, 0.15) is 0 Å². The monoisotopic (exact) mass is 323 g/mol. The molecule has 0 saturated carbocycles. The van der Waals surface area contributed by atoms with Crippen molar-refractivity contribution in [3.05, 3.63) is 0 Å². The van der Waals surface area contributed by atoms with Crippen LogP contribution >= 0.6 is 0 Å². The van der Waals surface area contributed by atoms with Crippen LogP contribution in [0.25, 0.3) is 0 Å². The fourth-order valence-corrected chi connectivity index (χ4v) is 0. The van der Waals surface area contributed by atoms with E-state index in [1.165, 1.54) is 0 Å². The molecule has 0 heterocycles. The molecule has 0 saturated heterocycles. The Morgan fingerprint density at radius 1 is 0.833 bits per heavy atom. The second kappa shape index (κ2) is 8.18. The first kappa shape index (κ1) is 18.4. The molecule has 0 aromatic heterocycles. The third-order valence-corrected chi connectivity index (χ3v) is 0. The van der Waals surface area contributed by atoms with Gasteiger partial charge in [-0.2, -0.15) is 0 Å². The predicted molar refractivity (Wildman–Crippen MR) is 37.7 cm³/mol. The van der Waals surface area contributed by atoms with E-state index in [1.54, 1.807) is 0 Å². The third kappa shape index (κ3) is 2980. The quantitative estimate of drug-likeness (QED) is 0.376. The van der Waals surface area contributed by atoms with Crippen LogP contribution in [-0.2, 0) is 20.6 Å². The zero-order valence-electron chi connectivity index (χ0n) is 5.58. The van der Waals surface area contributed by atoms with Crippen molar-refractivity contribution in [3.8, 4) is 0 Å². The molecule has 72 valence electrons. The van der Waals surface area contributed by atoms with E-state index >= 15 is 0 Å². The fraction of sp³-hybridized carbons (Fsp3) is 0. The molecule has 9 nitrogen and oxygen atoms in total. The Balaban J connectivity index is -0.000000112. The first-order valence-corrected chi connectivity index (χ1v) is 6.65. The Hall–Kier alpha value is 0.570. The normalized spacial score (nSPS) is 10.2. The molecule has 12 heavy (non-hydrogen) atoms. The van der Waals surface area contributed by atoms with Crippen molar-refractivity contribution in [2.75, 3.05) is 0 Å². The molecule has 0 fully saturated rings. The third-order valence-electron chi connectivity index (χ3n) is 0. The number of hydrogen-bond acceptors (Lipinski definition) is 7. The van der Waals surface area contributed by atoms with E-state index in [0.29, 0.717) is 0 Å². The van der Waals surface area contributed by atoms with Gasteiger partial charge < -0.3 is 9.11 Å². The van der Waals surface area contributed by atoms with Crippen LogP contribution in [-0.4, -0.2) is 50.6 Å². The van der Waals surface area contributed by atoms with Crippen molar-refractivity contribution in [3.63, 3.8) is 0 Å². The molecule has 0 bridgehead atoms. The van der Waals surface area contributed by atoms with Gasteiger partial charge in [0.15, 0.2) is 20.6 Å². The Morgan fingerprint density at radius 2 is 0.833 bits per heavy atom. The molecular formula is H6InN3O6S2. The number of nitrogens with two attached hydrogens (primary N) is 3. The first-order chi connectivity index (χ1) is 5.00. The maximum atomic E-state index is 8.85. The zero-order chi connectivity index (χ0) is 11.0. The Labute approximate surface area is 85.0 Å². The molecule has 0 amide bonds. The van der Waals surface area contributed by atoms with Crippen molar-refractivity contribution < 1.29 is 25.9 Å². The van der Waals surface area contributed by atoms with E-state index in [0.717, 1.165) is 24.7 Å². The van der Waals surface area contributed by atoms with Crippen molar-refractivity contribution in [1.82, 2.24) is 0 Å². The summed E-state index contributed by atoms with van der Waals surface area (Å²) in [7, 11) is -8.83. The molecule has 0 aliphatic carbocycles. The molecule has 0 aromatic carbocycles. The van der Waals surface area contributed by atoms with Gasteiger partial charge >= 0.3 is 28.4 Å². The van der Waals surface area contributed by atoms with Crippen LogP contribution in [0.3, 0.4) is 0 Å². The van der Waals surface area contributed by atoms with E-state index < -0.39 is 20.6 Å². The van der Waals surface area contributed by atoms with Crippen LogP contribution < -0.4 is 14.0 Å². The minimum absolute atomic E-state index is 0.850. The van der Waals surface area contributed by atoms with Gasteiger partial charge in [0.2, 0.25) is 0 Å². The van der Waals surface area contributed by atoms with Crippen LogP contribution in [0.15, 0.2) is 0 Å². The number of rotatable bonds is 0. The Kier molecular flexibility index (Phi) is 12.5. The molecular weight excluding hydrogens is 317 g/mol. The average molecular weight is 323 g/mol. The summed E-state index contributed by atoms with van der Waals surface area (Å²) in [5.41, 5.74) is 0. The summed E-state index contributed by atoms with van der Waals surface area (Å²) in [4.78, 5) is 0. The molecule has 0 radical (unpaired) electrons. The van der Waals surface area contributed by atoms with Gasteiger partial charge in [-0.15, -0.1) is 0 Å². The van der Waals surface area contributed by atoms with Gasteiger partial charge in [0.1, 0.15) is 0 Å². The summed E-state index contributed by atoms with van der Waals surface area (Å²) in [6, 6.07) is 0. The SMILES string of the molecule is NS(=O)(=O)[O-].NS(=O)(=O)[O-].[NH2][In+2]. The van der Waals surface area contributed by atoms with Gasteiger partial charge in [-0.3, -0.25) is 0 Å². The van der Waals surface area contributed by atoms with E-state index in [9.17, 15) is 0 Å². The first-order valence-electron chi connectivity index (χ1n) is 1.80. The standard InChI is InChI=1S/In.2H3NO3S.H2N/c;2*1-5(2,3)4;/h;2*(H3,1,2,3,4);1H2/q+3;;;-1/p-2. The Bertz CT molecular complexity index is 217. The summed E-state index contributed by atoms with van der Waals surface area (Å²) in [5, 5.41) is 7.54. The summed E-state index contributed by atoms with van der Waals surface area (Å²) in [6.45, 7) is 0. The van der Waals surface area contributed by atoms with Crippen LogP contribution in [0.5, 0.6) is 0 Å². The minimum atomic E-state index is -4.42. The molecule has 0 rings (SSSR count). The van der Waals surface area contributed by atoms with Gasteiger partial charge in [-0.1, -0.05) is 0 Å². The van der Waals surface area contributed by atoms with Gasteiger partial charge in [0.25, 0.3) is 0 Å².